The van der Waals surface area contributed by atoms with Gasteiger partial charge in [-0.05, 0) is 77.7 Å². The molecule has 4 aromatic carbocycles. The standard InChI is InChI=1S/C30H22IN3O/c1-29(2)22-11-5-6-12-24(22)34(23-13-7-9-19-8-3-4-10-21(19)23)30(29)18-32-28-25(35-30)16-14-20-15-17-26(31)33-27(20)28/h3-18H,1-2H3. The minimum Gasteiger partial charge on any atom is -0.459 e. The molecule has 0 saturated carbocycles. The molecule has 170 valence electrons. The highest BCUT2D eigenvalue weighted by Gasteiger charge is 2.60. The maximum atomic E-state index is 7.08. The summed E-state index contributed by atoms with van der Waals surface area (Å²) in [5, 5.41) is 3.43. The molecule has 1 unspecified atom stereocenters. The Morgan fingerprint density at radius 2 is 1.51 bits per heavy atom. The van der Waals surface area contributed by atoms with Crippen LogP contribution >= 0.6 is 22.6 Å². The van der Waals surface area contributed by atoms with Gasteiger partial charge in [-0.25, -0.2) is 9.98 Å². The molecule has 1 atom stereocenters. The molecule has 0 bridgehead atoms. The van der Waals surface area contributed by atoms with Crippen molar-refractivity contribution in [3.05, 3.63) is 100 Å². The van der Waals surface area contributed by atoms with Crippen LogP contribution in [0.5, 0.6) is 5.75 Å². The van der Waals surface area contributed by atoms with Crippen LogP contribution in [0, 0.1) is 3.70 Å². The van der Waals surface area contributed by atoms with Gasteiger partial charge >= 0.3 is 0 Å². The molecule has 4 nitrogen and oxygen atoms in total. The third-order valence-electron chi connectivity index (χ3n) is 7.45. The van der Waals surface area contributed by atoms with Gasteiger partial charge in [0, 0.05) is 16.5 Å². The van der Waals surface area contributed by atoms with Crippen molar-refractivity contribution in [1.29, 1.82) is 0 Å². The van der Waals surface area contributed by atoms with Gasteiger partial charge in [-0.3, -0.25) is 4.90 Å². The van der Waals surface area contributed by atoms with Gasteiger partial charge in [-0.2, -0.15) is 0 Å². The molecule has 0 N–H and O–H groups in total. The molecule has 0 amide bonds. The third kappa shape index (κ3) is 2.79. The molecule has 0 aliphatic carbocycles. The lowest BCUT2D eigenvalue weighted by Gasteiger charge is -2.46. The second-order valence-corrected chi connectivity index (χ2v) is 10.8. The Kier molecular flexibility index (Phi) is 4.34. The summed E-state index contributed by atoms with van der Waals surface area (Å²) in [5.41, 5.74) is 3.90. The number of fused-ring (bicyclic) bond motifs is 5. The molecule has 3 heterocycles. The molecule has 0 saturated heterocycles. The van der Waals surface area contributed by atoms with E-state index in [2.05, 4.69) is 120 Å². The molecule has 5 aromatic rings. The van der Waals surface area contributed by atoms with E-state index >= 15 is 0 Å². The first-order valence-corrected chi connectivity index (χ1v) is 12.8. The quantitative estimate of drug-likeness (QED) is 0.153. The topological polar surface area (TPSA) is 37.7 Å². The van der Waals surface area contributed by atoms with Crippen LogP contribution in [-0.4, -0.2) is 16.9 Å². The number of hydrogen-bond acceptors (Lipinski definition) is 4. The number of ether oxygens (including phenoxy) is 1. The Labute approximate surface area is 217 Å². The van der Waals surface area contributed by atoms with Crippen LogP contribution in [0.2, 0.25) is 0 Å². The fraction of sp³-hybridized carbons (Fsp3) is 0.133. The van der Waals surface area contributed by atoms with Gasteiger partial charge in [0.05, 0.1) is 17.3 Å². The zero-order valence-corrected chi connectivity index (χ0v) is 21.5. The zero-order chi connectivity index (χ0) is 23.8. The van der Waals surface area contributed by atoms with Crippen molar-refractivity contribution in [3.63, 3.8) is 0 Å². The average Bonchev–Trinajstić information content (AvgIpc) is 3.06. The summed E-state index contributed by atoms with van der Waals surface area (Å²) < 4.78 is 8.01. The van der Waals surface area contributed by atoms with E-state index < -0.39 is 5.72 Å². The first-order chi connectivity index (χ1) is 17.0. The maximum Gasteiger partial charge on any atom is 0.233 e. The van der Waals surface area contributed by atoms with Crippen molar-refractivity contribution in [2.75, 3.05) is 4.90 Å². The van der Waals surface area contributed by atoms with Gasteiger partial charge in [0.2, 0.25) is 5.72 Å². The number of benzene rings is 4. The van der Waals surface area contributed by atoms with Crippen molar-refractivity contribution in [2.24, 2.45) is 4.99 Å². The number of pyridine rings is 1. The number of para-hydroxylation sites is 1. The first kappa shape index (κ1) is 20.9. The lowest BCUT2D eigenvalue weighted by molar-refractivity contribution is 0.0877. The molecule has 35 heavy (non-hydrogen) atoms. The van der Waals surface area contributed by atoms with Gasteiger partial charge in [0.15, 0.2) is 5.75 Å². The van der Waals surface area contributed by atoms with Crippen LogP contribution in [-0.2, 0) is 5.41 Å². The van der Waals surface area contributed by atoms with Crippen LogP contribution in [0.25, 0.3) is 21.7 Å². The summed E-state index contributed by atoms with van der Waals surface area (Å²) in [6.07, 6.45) is 2.00. The largest absolute Gasteiger partial charge is 0.459 e. The molecular formula is C30H22IN3O. The summed E-state index contributed by atoms with van der Waals surface area (Å²) in [6, 6.07) is 31.8. The summed E-state index contributed by atoms with van der Waals surface area (Å²) >= 11 is 2.25. The number of aliphatic imine (C=N–C) groups is 1. The number of halogens is 1. The molecule has 1 aromatic heterocycles. The lowest BCUT2D eigenvalue weighted by Crippen LogP contribution is -2.60. The average molecular weight is 567 g/mol. The summed E-state index contributed by atoms with van der Waals surface area (Å²) in [4.78, 5) is 12.2. The Morgan fingerprint density at radius 1 is 0.771 bits per heavy atom. The second-order valence-electron chi connectivity index (χ2n) is 9.65. The van der Waals surface area contributed by atoms with E-state index in [0.717, 1.165) is 37.4 Å². The van der Waals surface area contributed by atoms with Crippen molar-refractivity contribution in [2.45, 2.75) is 25.0 Å². The van der Waals surface area contributed by atoms with E-state index in [9.17, 15) is 0 Å². The Morgan fingerprint density at radius 3 is 2.43 bits per heavy atom. The number of hydrogen-bond donors (Lipinski definition) is 0. The Hall–Kier alpha value is -3.45. The van der Waals surface area contributed by atoms with E-state index in [0.29, 0.717) is 0 Å². The number of aromatic nitrogens is 1. The number of nitrogens with zero attached hydrogens (tertiary/aromatic N) is 3. The first-order valence-electron chi connectivity index (χ1n) is 11.7. The highest BCUT2D eigenvalue weighted by molar-refractivity contribution is 14.1. The van der Waals surface area contributed by atoms with E-state index in [1.54, 1.807) is 0 Å². The monoisotopic (exact) mass is 567 g/mol. The van der Waals surface area contributed by atoms with Crippen molar-refractivity contribution < 1.29 is 4.74 Å². The summed E-state index contributed by atoms with van der Waals surface area (Å²) in [6.45, 7) is 4.49. The second kappa shape index (κ2) is 7.28. The SMILES string of the molecule is CC1(C)c2ccccc2N(c2cccc3ccccc23)C12C=Nc1c(ccc3ccc(I)nc13)O2. The van der Waals surface area contributed by atoms with Crippen LogP contribution in [0.4, 0.5) is 17.1 Å². The molecule has 5 heteroatoms. The smallest absolute Gasteiger partial charge is 0.233 e. The van der Waals surface area contributed by atoms with Crippen LogP contribution in [0.15, 0.2) is 96.0 Å². The van der Waals surface area contributed by atoms with Gasteiger partial charge in [-0.1, -0.05) is 60.7 Å². The van der Waals surface area contributed by atoms with Crippen LogP contribution in [0.1, 0.15) is 19.4 Å². The number of rotatable bonds is 1. The van der Waals surface area contributed by atoms with Gasteiger partial charge < -0.3 is 4.74 Å². The maximum absolute atomic E-state index is 7.08. The fourth-order valence-electron chi connectivity index (χ4n) is 5.64. The third-order valence-corrected chi connectivity index (χ3v) is 8.05. The minimum atomic E-state index is -0.844. The zero-order valence-electron chi connectivity index (χ0n) is 19.4. The Balaban J connectivity index is 1.52. The predicted octanol–water partition coefficient (Wildman–Crippen LogP) is 7.91. The molecule has 0 fully saturated rings. The summed E-state index contributed by atoms with van der Waals surface area (Å²) in [7, 11) is 0. The highest BCUT2D eigenvalue weighted by Crippen LogP contribution is 2.57. The molecule has 1 spiro atoms. The molecular weight excluding hydrogens is 545 g/mol. The highest BCUT2D eigenvalue weighted by atomic mass is 127. The van der Waals surface area contributed by atoms with E-state index in [1.165, 1.54) is 16.3 Å². The lowest BCUT2D eigenvalue weighted by atomic mass is 9.77. The molecule has 2 aliphatic rings. The predicted molar refractivity (Wildman–Crippen MR) is 152 cm³/mol. The Bertz CT molecular complexity index is 1690. The minimum absolute atomic E-state index is 0.380. The van der Waals surface area contributed by atoms with Crippen molar-refractivity contribution in [1.82, 2.24) is 4.98 Å². The molecule has 0 radical (unpaired) electrons. The van der Waals surface area contributed by atoms with E-state index in [-0.39, 0.29) is 5.41 Å². The van der Waals surface area contributed by atoms with Gasteiger partial charge in [0.1, 0.15) is 14.9 Å². The van der Waals surface area contributed by atoms with Gasteiger partial charge in [0.25, 0.3) is 0 Å². The van der Waals surface area contributed by atoms with Crippen molar-refractivity contribution in [3.8, 4) is 5.75 Å². The summed E-state index contributed by atoms with van der Waals surface area (Å²) in [5.74, 6) is 0.751. The van der Waals surface area contributed by atoms with Crippen LogP contribution < -0.4 is 9.64 Å². The van der Waals surface area contributed by atoms with Crippen LogP contribution in [0.3, 0.4) is 0 Å². The van der Waals surface area contributed by atoms with E-state index in [4.69, 9.17) is 14.7 Å². The molecule has 7 rings (SSSR count). The van der Waals surface area contributed by atoms with Gasteiger partial charge in [-0.15, -0.1) is 0 Å². The van der Waals surface area contributed by atoms with Crippen molar-refractivity contribution >= 4 is 67.5 Å². The molecule has 2 aliphatic heterocycles. The van der Waals surface area contributed by atoms with E-state index in [1.807, 2.05) is 18.3 Å². The fourth-order valence-corrected chi connectivity index (χ4v) is 6.06. The number of anilines is 2. The normalized spacial score (nSPS) is 19.7.